The number of anilines is 1. The van der Waals surface area contributed by atoms with E-state index in [0.29, 0.717) is 18.1 Å². The molecule has 0 atom stereocenters. The van der Waals surface area contributed by atoms with Crippen LogP contribution in [0.1, 0.15) is 29.8 Å². The van der Waals surface area contributed by atoms with Gasteiger partial charge < -0.3 is 10.1 Å². The third-order valence-electron chi connectivity index (χ3n) is 3.07. The molecular formula is C18H20BrNO2. The minimum absolute atomic E-state index is 0.139. The van der Waals surface area contributed by atoms with Gasteiger partial charge in [-0.15, -0.1) is 0 Å². The lowest BCUT2D eigenvalue weighted by molar-refractivity contribution is 0.102. The van der Waals surface area contributed by atoms with Crippen molar-refractivity contribution in [1.29, 1.82) is 0 Å². The van der Waals surface area contributed by atoms with E-state index in [-0.39, 0.29) is 5.91 Å². The summed E-state index contributed by atoms with van der Waals surface area (Å²) in [5.41, 5.74) is 2.50. The van der Waals surface area contributed by atoms with Crippen LogP contribution < -0.4 is 10.1 Å². The molecule has 2 aromatic rings. The molecule has 3 nitrogen and oxygen atoms in total. The fraction of sp³-hybridized carbons (Fsp3) is 0.278. The molecule has 0 aliphatic carbocycles. The summed E-state index contributed by atoms with van der Waals surface area (Å²) in [6.07, 6.45) is 0. The number of hydrogen-bond acceptors (Lipinski definition) is 2. The second-order valence-electron chi connectivity index (χ2n) is 5.67. The van der Waals surface area contributed by atoms with Gasteiger partial charge in [0.15, 0.2) is 0 Å². The number of halogens is 1. The summed E-state index contributed by atoms with van der Waals surface area (Å²) in [6.45, 7) is 6.87. The highest BCUT2D eigenvalue weighted by molar-refractivity contribution is 9.10. The van der Waals surface area contributed by atoms with E-state index in [1.165, 1.54) is 0 Å². The Morgan fingerprint density at radius 1 is 1.18 bits per heavy atom. The lowest BCUT2D eigenvalue weighted by atomic mass is 10.2. The Hall–Kier alpha value is -1.81. The number of carbonyl (C=O) groups is 1. The molecule has 1 amide bonds. The molecule has 0 radical (unpaired) electrons. The molecule has 22 heavy (non-hydrogen) atoms. The van der Waals surface area contributed by atoms with Gasteiger partial charge in [0.05, 0.1) is 12.3 Å². The van der Waals surface area contributed by atoms with Gasteiger partial charge in [-0.1, -0.05) is 19.9 Å². The van der Waals surface area contributed by atoms with Crippen LogP contribution in [-0.4, -0.2) is 12.5 Å². The molecule has 0 unspecified atom stereocenters. The summed E-state index contributed by atoms with van der Waals surface area (Å²) >= 11 is 3.46. The molecule has 0 aromatic heterocycles. The first-order valence-corrected chi connectivity index (χ1v) is 8.05. The molecular weight excluding hydrogens is 342 g/mol. The number of nitrogens with one attached hydrogen (secondary N) is 1. The maximum atomic E-state index is 12.3. The molecule has 4 heteroatoms. The minimum atomic E-state index is -0.139. The number of aryl methyl sites for hydroxylation is 1. The molecule has 2 rings (SSSR count). The van der Waals surface area contributed by atoms with Gasteiger partial charge in [-0.05, 0) is 70.7 Å². The maximum absolute atomic E-state index is 12.3. The van der Waals surface area contributed by atoms with Gasteiger partial charge in [-0.2, -0.15) is 0 Å². The molecule has 0 saturated carbocycles. The summed E-state index contributed by atoms with van der Waals surface area (Å²) in [6, 6.07) is 13.0. The lowest BCUT2D eigenvalue weighted by Gasteiger charge is -2.10. The Bertz CT molecular complexity index is 651. The third-order valence-corrected chi connectivity index (χ3v) is 3.73. The van der Waals surface area contributed by atoms with Gasteiger partial charge in [0, 0.05) is 10.0 Å². The first kappa shape index (κ1) is 16.6. The largest absolute Gasteiger partial charge is 0.493 e. The average molecular weight is 362 g/mol. The van der Waals surface area contributed by atoms with Crippen LogP contribution in [0.5, 0.6) is 5.75 Å². The van der Waals surface area contributed by atoms with E-state index in [2.05, 4.69) is 35.1 Å². The number of carbonyl (C=O) groups excluding carboxylic acids is 1. The SMILES string of the molecule is Cc1ccc(NC(=O)c2ccc(OCC(C)C)cc2)c(Br)c1. The van der Waals surface area contributed by atoms with Crippen molar-refractivity contribution in [3.8, 4) is 5.75 Å². The molecule has 0 aliphatic rings. The first-order valence-electron chi connectivity index (χ1n) is 7.26. The Morgan fingerprint density at radius 2 is 1.86 bits per heavy atom. The smallest absolute Gasteiger partial charge is 0.255 e. The summed E-state index contributed by atoms with van der Waals surface area (Å²) in [4.78, 5) is 12.3. The summed E-state index contributed by atoms with van der Waals surface area (Å²) in [5.74, 6) is 1.11. The number of hydrogen-bond donors (Lipinski definition) is 1. The van der Waals surface area contributed by atoms with Gasteiger partial charge in [-0.3, -0.25) is 4.79 Å². The lowest BCUT2D eigenvalue weighted by Crippen LogP contribution is -2.12. The van der Waals surface area contributed by atoms with Gasteiger partial charge in [0.25, 0.3) is 5.91 Å². The fourth-order valence-corrected chi connectivity index (χ4v) is 2.47. The highest BCUT2D eigenvalue weighted by Crippen LogP contribution is 2.24. The van der Waals surface area contributed by atoms with E-state index in [1.807, 2.05) is 37.3 Å². The van der Waals surface area contributed by atoms with E-state index in [4.69, 9.17) is 4.74 Å². The van der Waals surface area contributed by atoms with E-state index in [1.54, 1.807) is 12.1 Å². The zero-order valence-corrected chi connectivity index (χ0v) is 14.6. The number of ether oxygens (including phenoxy) is 1. The Morgan fingerprint density at radius 3 is 2.45 bits per heavy atom. The Kier molecular flexibility index (Phi) is 5.61. The molecule has 1 N–H and O–H groups in total. The predicted octanol–water partition coefficient (Wildman–Crippen LogP) is 5.04. The van der Waals surface area contributed by atoms with Crippen LogP contribution in [-0.2, 0) is 0 Å². The van der Waals surface area contributed by atoms with Crippen molar-refractivity contribution in [3.05, 3.63) is 58.1 Å². The summed E-state index contributed by atoms with van der Waals surface area (Å²) in [7, 11) is 0. The van der Waals surface area contributed by atoms with Crippen molar-refractivity contribution in [2.45, 2.75) is 20.8 Å². The quantitative estimate of drug-likeness (QED) is 0.809. The van der Waals surface area contributed by atoms with Crippen LogP contribution in [0, 0.1) is 12.8 Å². The van der Waals surface area contributed by atoms with Crippen LogP contribution in [0.3, 0.4) is 0 Å². The topological polar surface area (TPSA) is 38.3 Å². The maximum Gasteiger partial charge on any atom is 0.255 e. The van der Waals surface area contributed by atoms with Crippen molar-refractivity contribution in [1.82, 2.24) is 0 Å². The van der Waals surface area contributed by atoms with Crippen LogP contribution in [0.25, 0.3) is 0 Å². The summed E-state index contributed by atoms with van der Waals surface area (Å²) in [5, 5.41) is 2.90. The first-order chi connectivity index (χ1) is 10.5. The van der Waals surface area contributed by atoms with Crippen LogP contribution in [0.4, 0.5) is 5.69 Å². The van der Waals surface area contributed by atoms with Gasteiger partial charge >= 0.3 is 0 Å². The molecule has 0 saturated heterocycles. The third kappa shape index (κ3) is 4.60. The van der Waals surface area contributed by atoms with Gasteiger partial charge in [0.1, 0.15) is 5.75 Å². The van der Waals surface area contributed by atoms with Crippen LogP contribution >= 0.6 is 15.9 Å². The van der Waals surface area contributed by atoms with Crippen molar-refractivity contribution in [2.75, 3.05) is 11.9 Å². The molecule has 0 aliphatic heterocycles. The zero-order valence-electron chi connectivity index (χ0n) is 13.0. The van der Waals surface area contributed by atoms with Crippen LogP contribution in [0.2, 0.25) is 0 Å². The van der Waals surface area contributed by atoms with E-state index >= 15 is 0 Å². The predicted molar refractivity (Wildman–Crippen MR) is 93.6 cm³/mol. The normalized spacial score (nSPS) is 10.6. The van der Waals surface area contributed by atoms with Crippen molar-refractivity contribution in [2.24, 2.45) is 5.92 Å². The zero-order chi connectivity index (χ0) is 16.1. The van der Waals surface area contributed by atoms with Gasteiger partial charge in [-0.25, -0.2) is 0 Å². The standard InChI is InChI=1S/C18H20BrNO2/c1-12(2)11-22-15-7-5-14(6-8-15)18(21)20-17-9-4-13(3)10-16(17)19/h4-10,12H,11H2,1-3H3,(H,20,21). The molecule has 0 bridgehead atoms. The molecule has 0 heterocycles. The van der Waals surface area contributed by atoms with Gasteiger partial charge in [0.2, 0.25) is 0 Å². The highest BCUT2D eigenvalue weighted by atomic mass is 79.9. The van der Waals surface area contributed by atoms with E-state index < -0.39 is 0 Å². The Labute approximate surface area is 139 Å². The molecule has 2 aromatic carbocycles. The minimum Gasteiger partial charge on any atom is -0.493 e. The van der Waals surface area contributed by atoms with Crippen LogP contribution in [0.15, 0.2) is 46.9 Å². The Balaban J connectivity index is 2.03. The fourth-order valence-electron chi connectivity index (χ4n) is 1.88. The molecule has 0 spiro atoms. The van der Waals surface area contributed by atoms with Crippen molar-refractivity contribution < 1.29 is 9.53 Å². The number of benzene rings is 2. The van der Waals surface area contributed by atoms with Crippen molar-refractivity contribution >= 4 is 27.5 Å². The second-order valence-corrected chi connectivity index (χ2v) is 6.52. The van der Waals surface area contributed by atoms with E-state index in [9.17, 15) is 4.79 Å². The highest BCUT2D eigenvalue weighted by Gasteiger charge is 2.08. The van der Waals surface area contributed by atoms with Crippen molar-refractivity contribution in [3.63, 3.8) is 0 Å². The monoisotopic (exact) mass is 361 g/mol. The molecule has 0 fully saturated rings. The van der Waals surface area contributed by atoms with E-state index in [0.717, 1.165) is 21.5 Å². The summed E-state index contributed by atoms with van der Waals surface area (Å²) < 4.78 is 6.49. The number of amides is 1. The molecule has 116 valence electrons. The average Bonchev–Trinajstić information content (AvgIpc) is 2.48. The number of rotatable bonds is 5. The second kappa shape index (κ2) is 7.45.